The van der Waals surface area contributed by atoms with Crippen LogP contribution in [0.15, 0.2) is 65.1 Å². The summed E-state index contributed by atoms with van der Waals surface area (Å²) in [5.74, 6) is -0.798. The summed E-state index contributed by atoms with van der Waals surface area (Å²) in [4.78, 5) is 26.3. The normalized spacial score (nSPS) is 15.5. The van der Waals surface area contributed by atoms with E-state index in [0.717, 1.165) is 25.7 Å². The zero-order valence-corrected chi connectivity index (χ0v) is 20.9. The Bertz CT molecular complexity index is 1210. The van der Waals surface area contributed by atoms with Crippen molar-refractivity contribution in [1.82, 2.24) is 10.6 Å². The minimum Gasteiger partial charge on any atom is -0.451 e. The lowest BCUT2D eigenvalue weighted by atomic mass is 9.84. The lowest BCUT2D eigenvalue weighted by Gasteiger charge is -2.27. The quantitative estimate of drug-likeness (QED) is 0.317. The number of hydrogen-bond acceptors (Lipinski definition) is 4. The van der Waals surface area contributed by atoms with E-state index >= 15 is 0 Å². The second kappa shape index (κ2) is 12.5. The van der Waals surface area contributed by atoms with Gasteiger partial charge in [-0.05, 0) is 55.7 Å². The van der Waals surface area contributed by atoms with Crippen LogP contribution >= 0.6 is 0 Å². The van der Waals surface area contributed by atoms with Gasteiger partial charge in [0.25, 0.3) is 5.91 Å². The van der Waals surface area contributed by atoms with Crippen LogP contribution in [0.1, 0.15) is 56.0 Å². The van der Waals surface area contributed by atoms with E-state index in [1.165, 1.54) is 30.7 Å². The molecule has 1 aliphatic carbocycles. The van der Waals surface area contributed by atoms with Crippen LogP contribution in [-0.4, -0.2) is 30.4 Å². The zero-order chi connectivity index (χ0) is 26.2. The van der Waals surface area contributed by atoms with Crippen molar-refractivity contribution in [3.05, 3.63) is 78.1 Å². The van der Waals surface area contributed by atoms with E-state index in [1.54, 1.807) is 36.4 Å². The molecule has 3 N–H and O–H groups in total. The van der Waals surface area contributed by atoms with Crippen molar-refractivity contribution in [3.8, 4) is 11.3 Å². The fourth-order valence-electron chi connectivity index (χ4n) is 4.74. The van der Waals surface area contributed by atoms with E-state index in [2.05, 4.69) is 16.0 Å². The van der Waals surface area contributed by atoms with Gasteiger partial charge in [-0.2, -0.15) is 0 Å². The highest BCUT2D eigenvalue weighted by atomic mass is 19.1. The summed E-state index contributed by atoms with van der Waals surface area (Å²) in [7, 11) is 0. The van der Waals surface area contributed by atoms with E-state index in [9.17, 15) is 18.4 Å². The number of anilines is 1. The number of halogens is 2. The average molecular weight is 510 g/mol. The van der Waals surface area contributed by atoms with Crippen LogP contribution in [0.2, 0.25) is 0 Å². The summed E-state index contributed by atoms with van der Waals surface area (Å²) in [5, 5.41) is 8.80. The first-order valence-corrected chi connectivity index (χ1v) is 12.8. The molecule has 2 aromatic carbocycles. The highest BCUT2D eigenvalue weighted by Crippen LogP contribution is 2.28. The molecule has 3 aromatic rings. The van der Waals surface area contributed by atoms with E-state index in [0.29, 0.717) is 35.9 Å². The number of amides is 2. The fraction of sp³-hybridized carbons (Fsp3) is 0.379. The average Bonchev–Trinajstić information content (AvgIpc) is 3.39. The molecule has 0 aliphatic heterocycles. The first-order valence-electron chi connectivity index (χ1n) is 12.8. The second-order valence-corrected chi connectivity index (χ2v) is 9.71. The van der Waals surface area contributed by atoms with Crippen LogP contribution in [0.3, 0.4) is 0 Å². The van der Waals surface area contributed by atoms with E-state index in [4.69, 9.17) is 4.42 Å². The maximum absolute atomic E-state index is 13.9. The molecule has 1 heterocycles. The molecule has 0 spiro atoms. The topological polar surface area (TPSA) is 83.4 Å². The van der Waals surface area contributed by atoms with E-state index in [1.807, 2.05) is 6.92 Å². The molecule has 2 atom stereocenters. The number of hydrogen-bond donors (Lipinski definition) is 3. The Kier molecular flexibility index (Phi) is 8.93. The Morgan fingerprint density at radius 3 is 2.51 bits per heavy atom. The third-order valence-electron chi connectivity index (χ3n) is 6.72. The lowest BCUT2D eigenvalue weighted by molar-refractivity contribution is -0.124. The molecule has 0 radical (unpaired) electrons. The smallest absolute Gasteiger partial charge is 0.287 e. The molecule has 0 unspecified atom stereocenters. The van der Waals surface area contributed by atoms with Gasteiger partial charge in [0.2, 0.25) is 5.91 Å². The summed E-state index contributed by atoms with van der Waals surface area (Å²) in [6.07, 6.45) is 6.00. The Labute approximate surface area is 215 Å². The second-order valence-electron chi connectivity index (χ2n) is 9.71. The van der Waals surface area contributed by atoms with Crippen LogP contribution in [0, 0.1) is 17.6 Å². The molecule has 8 heteroatoms. The fourth-order valence-corrected chi connectivity index (χ4v) is 4.74. The van der Waals surface area contributed by atoms with Crippen molar-refractivity contribution < 1.29 is 22.8 Å². The van der Waals surface area contributed by atoms with Gasteiger partial charge in [-0.1, -0.05) is 56.4 Å². The van der Waals surface area contributed by atoms with Gasteiger partial charge in [-0.15, -0.1) is 0 Å². The monoisotopic (exact) mass is 509 g/mol. The van der Waals surface area contributed by atoms with Crippen LogP contribution < -0.4 is 16.0 Å². The molecule has 6 nitrogen and oxygen atoms in total. The summed E-state index contributed by atoms with van der Waals surface area (Å²) in [6.45, 7) is 2.15. The number of rotatable bonds is 10. The van der Waals surface area contributed by atoms with Gasteiger partial charge in [0.1, 0.15) is 23.4 Å². The third-order valence-corrected chi connectivity index (χ3v) is 6.72. The Hall–Kier alpha value is -3.68. The predicted molar refractivity (Wildman–Crippen MR) is 139 cm³/mol. The maximum atomic E-state index is 13.9. The maximum Gasteiger partial charge on any atom is 0.287 e. The molecule has 0 saturated heterocycles. The lowest BCUT2D eigenvalue weighted by Crippen LogP contribution is -2.51. The van der Waals surface area contributed by atoms with Gasteiger partial charge < -0.3 is 20.4 Å². The molecular formula is C29H33F2N3O3. The highest BCUT2D eigenvalue weighted by Gasteiger charge is 2.28. The van der Waals surface area contributed by atoms with Crippen molar-refractivity contribution in [2.75, 3.05) is 11.9 Å². The molecule has 1 aromatic heterocycles. The summed E-state index contributed by atoms with van der Waals surface area (Å²) in [6, 6.07) is 14.4. The Morgan fingerprint density at radius 2 is 1.76 bits per heavy atom. The van der Waals surface area contributed by atoms with Gasteiger partial charge in [0.15, 0.2) is 5.76 Å². The van der Waals surface area contributed by atoms with Crippen molar-refractivity contribution in [2.45, 2.75) is 57.5 Å². The molecule has 4 rings (SSSR count). The number of benzene rings is 2. The van der Waals surface area contributed by atoms with Crippen LogP contribution in [-0.2, 0) is 4.79 Å². The molecule has 0 bridgehead atoms. The SMILES string of the molecule is C[C@@H](CNc1ccccc1F)NC(=O)[C@H](CC1CCCCC1)NC(=O)c1ccc(-c2cccc(F)c2)o1. The predicted octanol–water partition coefficient (Wildman–Crippen LogP) is 5.91. The molecule has 196 valence electrons. The number of carbonyl (C=O) groups excluding carboxylic acids is 2. The van der Waals surface area contributed by atoms with Gasteiger partial charge in [0, 0.05) is 18.2 Å². The summed E-state index contributed by atoms with van der Waals surface area (Å²) >= 11 is 0. The molecule has 1 fully saturated rings. The first-order chi connectivity index (χ1) is 17.9. The van der Waals surface area contributed by atoms with Crippen molar-refractivity contribution in [1.29, 1.82) is 0 Å². The van der Waals surface area contributed by atoms with Crippen molar-refractivity contribution in [2.24, 2.45) is 5.92 Å². The third kappa shape index (κ3) is 7.41. The first kappa shape index (κ1) is 26.4. The van der Waals surface area contributed by atoms with Gasteiger partial charge in [0.05, 0.1) is 5.69 Å². The minimum absolute atomic E-state index is 0.0509. The number of carbonyl (C=O) groups is 2. The largest absolute Gasteiger partial charge is 0.451 e. The van der Waals surface area contributed by atoms with Gasteiger partial charge in [-0.25, -0.2) is 8.78 Å². The van der Waals surface area contributed by atoms with Gasteiger partial charge >= 0.3 is 0 Å². The minimum atomic E-state index is -0.741. The van der Waals surface area contributed by atoms with Gasteiger partial charge in [-0.3, -0.25) is 9.59 Å². The molecular weight excluding hydrogens is 476 g/mol. The number of para-hydroxylation sites is 1. The standard InChI is InChI=1S/C29H33F2N3O3/c1-19(18-32-24-13-6-5-12-23(24)31)33-28(35)25(16-20-8-3-2-4-9-20)34-29(36)27-15-14-26(37-27)21-10-7-11-22(30)17-21/h5-7,10-15,17,19-20,25,32H,2-4,8-9,16,18H2,1H3,(H,33,35)(H,34,36)/t19-,25-/m0/s1. The molecule has 37 heavy (non-hydrogen) atoms. The van der Waals surface area contributed by atoms with E-state index in [-0.39, 0.29) is 23.5 Å². The molecule has 1 saturated carbocycles. The van der Waals surface area contributed by atoms with Crippen LogP contribution in [0.5, 0.6) is 0 Å². The van der Waals surface area contributed by atoms with Crippen molar-refractivity contribution in [3.63, 3.8) is 0 Å². The summed E-state index contributed by atoms with van der Waals surface area (Å²) < 4.78 is 33.2. The number of nitrogens with one attached hydrogen (secondary N) is 3. The highest BCUT2D eigenvalue weighted by molar-refractivity contribution is 5.96. The van der Waals surface area contributed by atoms with Crippen LogP contribution in [0.4, 0.5) is 14.5 Å². The molecule has 2 amide bonds. The zero-order valence-electron chi connectivity index (χ0n) is 20.9. The van der Waals surface area contributed by atoms with Crippen LogP contribution in [0.25, 0.3) is 11.3 Å². The number of furan rings is 1. The summed E-state index contributed by atoms with van der Waals surface area (Å²) in [5.41, 5.74) is 0.884. The Balaban J connectivity index is 1.40. The van der Waals surface area contributed by atoms with Crippen molar-refractivity contribution >= 4 is 17.5 Å². The molecule has 1 aliphatic rings. The van der Waals surface area contributed by atoms with E-state index < -0.39 is 17.8 Å². The Morgan fingerprint density at radius 1 is 0.973 bits per heavy atom.